The summed E-state index contributed by atoms with van der Waals surface area (Å²) in [5.74, 6) is 0.362. The van der Waals surface area contributed by atoms with Crippen molar-refractivity contribution in [2.24, 2.45) is 0 Å². The van der Waals surface area contributed by atoms with Crippen LogP contribution in [0.15, 0.2) is 46.7 Å². The third-order valence-corrected chi connectivity index (χ3v) is 5.94. The SMILES string of the molecule is O=C(NC1CCSc2ccc(F)cc21)c1cc(-c2cccs2)[nH]n1. The van der Waals surface area contributed by atoms with E-state index in [4.69, 9.17) is 0 Å². The molecule has 1 unspecified atom stereocenters. The fourth-order valence-corrected chi connectivity index (χ4v) is 4.54. The van der Waals surface area contributed by atoms with Crippen molar-refractivity contribution in [3.63, 3.8) is 0 Å². The van der Waals surface area contributed by atoms with Gasteiger partial charge in [0.25, 0.3) is 5.91 Å². The summed E-state index contributed by atoms with van der Waals surface area (Å²) in [7, 11) is 0. The average Bonchev–Trinajstić information content (AvgIpc) is 3.26. The summed E-state index contributed by atoms with van der Waals surface area (Å²) in [6.07, 6.45) is 0.773. The van der Waals surface area contributed by atoms with Crippen molar-refractivity contribution >= 4 is 29.0 Å². The molecule has 2 N–H and O–H groups in total. The normalized spacial score (nSPS) is 16.6. The summed E-state index contributed by atoms with van der Waals surface area (Å²) in [5, 5.41) is 11.9. The lowest BCUT2D eigenvalue weighted by atomic mass is 10.0. The van der Waals surface area contributed by atoms with E-state index < -0.39 is 0 Å². The second-order valence-electron chi connectivity index (χ2n) is 5.49. The molecular weight excluding hydrogens is 345 g/mol. The summed E-state index contributed by atoms with van der Waals surface area (Å²) in [6, 6.07) is 10.2. The number of carbonyl (C=O) groups excluding carboxylic acids is 1. The van der Waals surface area contributed by atoms with Crippen molar-refractivity contribution in [3.05, 3.63) is 58.9 Å². The van der Waals surface area contributed by atoms with E-state index in [1.165, 1.54) is 12.1 Å². The number of nitrogens with zero attached hydrogens (tertiary/aromatic N) is 1. The molecule has 24 heavy (non-hydrogen) atoms. The molecule has 4 nitrogen and oxygen atoms in total. The Labute approximate surface area is 146 Å². The highest BCUT2D eigenvalue weighted by molar-refractivity contribution is 7.99. The van der Waals surface area contributed by atoms with Gasteiger partial charge < -0.3 is 5.32 Å². The Kier molecular flexibility index (Phi) is 4.12. The molecule has 1 aliphatic heterocycles. The Balaban J connectivity index is 1.54. The van der Waals surface area contributed by atoms with E-state index in [-0.39, 0.29) is 17.8 Å². The highest BCUT2D eigenvalue weighted by Crippen LogP contribution is 2.36. The lowest BCUT2D eigenvalue weighted by molar-refractivity contribution is 0.0930. The van der Waals surface area contributed by atoms with Gasteiger partial charge >= 0.3 is 0 Å². The van der Waals surface area contributed by atoms with Crippen molar-refractivity contribution in [2.45, 2.75) is 17.4 Å². The summed E-state index contributed by atoms with van der Waals surface area (Å²) in [5.41, 5.74) is 2.00. The Morgan fingerprint density at radius 3 is 3.08 bits per heavy atom. The second-order valence-corrected chi connectivity index (χ2v) is 7.57. The third-order valence-electron chi connectivity index (χ3n) is 3.91. The van der Waals surface area contributed by atoms with E-state index in [0.29, 0.717) is 5.69 Å². The van der Waals surface area contributed by atoms with Crippen LogP contribution in [0, 0.1) is 5.82 Å². The van der Waals surface area contributed by atoms with Crippen LogP contribution in [0.2, 0.25) is 0 Å². The standard InChI is InChI=1S/C17H14FN3OS2/c18-10-3-4-15-11(8-10)12(5-7-24-15)19-17(22)14-9-13(20-21-14)16-2-1-6-23-16/h1-4,6,8-9,12H,5,7H2,(H,19,22)(H,20,21). The molecule has 1 atom stereocenters. The fourth-order valence-electron chi connectivity index (χ4n) is 2.74. The zero-order valence-corrected chi connectivity index (χ0v) is 14.2. The number of fused-ring (bicyclic) bond motifs is 1. The first-order valence-corrected chi connectivity index (χ1v) is 9.39. The van der Waals surface area contributed by atoms with Gasteiger partial charge in [-0.3, -0.25) is 9.89 Å². The van der Waals surface area contributed by atoms with Gasteiger partial charge in [-0.2, -0.15) is 5.10 Å². The first kappa shape index (κ1) is 15.4. The third kappa shape index (κ3) is 2.97. The molecule has 0 fully saturated rings. The first-order chi connectivity index (χ1) is 11.7. The monoisotopic (exact) mass is 359 g/mol. The number of rotatable bonds is 3. The van der Waals surface area contributed by atoms with Crippen LogP contribution in [-0.4, -0.2) is 21.9 Å². The first-order valence-electron chi connectivity index (χ1n) is 7.53. The molecule has 3 heterocycles. The quantitative estimate of drug-likeness (QED) is 0.735. The molecule has 0 saturated carbocycles. The molecule has 0 radical (unpaired) electrons. The number of halogens is 1. The molecule has 0 bridgehead atoms. The number of carbonyl (C=O) groups is 1. The number of thiophene rings is 1. The summed E-state index contributed by atoms with van der Waals surface area (Å²) in [4.78, 5) is 14.6. The van der Waals surface area contributed by atoms with Crippen LogP contribution < -0.4 is 5.32 Å². The highest BCUT2D eigenvalue weighted by atomic mass is 32.2. The average molecular weight is 359 g/mol. The molecule has 2 aromatic heterocycles. The van der Waals surface area contributed by atoms with Gasteiger partial charge in [0, 0.05) is 10.6 Å². The van der Waals surface area contributed by atoms with Gasteiger partial charge in [0.05, 0.1) is 16.6 Å². The lowest BCUT2D eigenvalue weighted by Crippen LogP contribution is -2.31. The minimum atomic E-state index is -0.282. The fraction of sp³-hybridized carbons (Fsp3) is 0.176. The number of hydrogen-bond acceptors (Lipinski definition) is 4. The minimum Gasteiger partial charge on any atom is -0.344 e. The smallest absolute Gasteiger partial charge is 0.272 e. The molecule has 1 aliphatic rings. The molecule has 0 spiro atoms. The number of nitrogens with one attached hydrogen (secondary N) is 2. The van der Waals surface area contributed by atoms with Gasteiger partial charge in [0.1, 0.15) is 5.82 Å². The molecule has 1 aromatic carbocycles. The number of aromatic amines is 1. The number of aromatic nitrogens is 2. The number of benzene rings is 1. The highest BCUT2D eigenvalue weighted by Gasteiger charge is 2.24. The maximum absolute atomic E-state index is 13.6. The van der Waals surface area contributed by atoms with Gasteiger partial charge in [-0.15, -0.1) is 23.1 Å². The Bertz CT molecular complexity index is 876. The van der Waals surface area contributed by atoms with Crippen LogP contribution >= 0.6 is 23.1 Å². The summed E-state index contributed by atoms with van der Waals surface area (Å²) < 4.78 is 13.6. The van der Waals surface area contributed by atoms with E-state index in [9.17, 15) is 9.18 Å². The van der Waals surface area contributed by atoms with Gasteiger partial charge in [-0.05, 0) is 47.7 Å². The minimum absolute atomic E-state index is 0.189. The molecule has 4 rings (SSSR count). The van der Waals surface area contributed by atoms with E-state index in [1.54, 1.807) is 35.2 Å². The Hall–Kier alpha value is -2.12. The van der Waals surface area contributed by atoms with Crippen molar-refractivity contribution in [2.75, 3.05) is 5.75 Å². The van der Waals surface area contributed by atoms with Crippen LogP contribution in [0.1, 0.15) is 28.5 Å². The van der Waals surface area contributed by atoms with Crippen LogP contribution in [-0.2, 0) is 0 Å². The summed E-state index contributed by atoms with van der Waals surface area (Å²) in [6.45, 7) is 0. The zero-order valence-electron chi connectivity index (χ0n) is 12.6. The van der Waals surface area contributed by atoms with Gasteiger partial charge in [0.2, 0.25) is 0 Å². The Morgan fingerprint density at radius 2 is 2.25 bits per heavy atom. The van der Waals surface area contributed by atoms with Gasteiger partial charge in [0.15, 0.2) is 5.69 Å². The molecular formula is C17H14FN3OS2. The second kappa shape index (κ2) is 6.41. The van der Waals surface area contributed by atoms with Gasteiger partial charge in [-0.25, -0.2) is 4.39 Å². The summed E-state index contributed by atoms with van der Waals surface area (Å²) >= 11 is 3.27. The molecule has 7 heteroatoms. The van der Waals surface area contributed by atoms with E-state index in [2.05, 4.69) is 15.5 Å². The number of H-pyrrole nitrogens is 1. The van der Waals surface area contributed by atoms with E-state index in [0.717, 1.165) is 33.2 Å². The molecule has 0 aliphatic carbocycles. The zero-order chi connectivity index (χ0) is 16.5. The van der Waals surface area contributed by atoms with E-state index in [1.807, 2.05) is 17.5 Å². The van der Waals surface area contributed by atoms with Crippen LogP contribution in [0.4, 0.5) is 4.39 Å². The topological polar surface area (TPSA) is 57.8 Å². The Morgan fingerprint density at radius 1 is 1.33 bits per heavy atom. The van der Waals surface area contributed by atoms with Crippen molar-refractivity contribution in [1.82, 2.24) is 15.5 Å². The van der Waals surface area contributed by atoms with Crippen molar-refractivity contribution in [3.8, 4) is 10.6 Å². The van der Waals surface area contributed by atoms with Crippen LogP contribution in [0.3, 0.4) is 0 Å². The number of amides is 1. The van der Waals surface area contributed by atoms with Crippen LogP contribution in [0.25, 0.3) is 10.6 Å². The van der Waals surface area contributed by atoms with Crippen molar-refractivity contribution in [1.29, 1.82) is 0 Å². The maximum atomic E-state index is 13.6. The molecule has 3 aromatic rings. The van der Waals surface area contributed by atoms with E-state index >= 15 is 0 Å². The predicted molar refractivity (Wildman–Crippen MR) is 93.8 cm³/mol. The number of thioether (sulfide) groups is 1. The predicted octanol–water partition coefficient (Wildman–Crippen LogP) is 4.24. The molecule has 0 saturated heterocycles. The molecule has 122 valence electrons. The largest absolute Gasteiger partial charge is 0.344 e. The number of hydrogen-bond donors (Lipinski definition) is 2. The molecule has 1 amide bonds. The van der Waals surface area contributed by atoms with Gasteiger partial charge in [-0.1, -0.05) is 6.07 Å². The maximum Gasteiger partial charge on any atom is 0.272 e. The lowest BCUT2D eigenvalue weighted by Gasteiger charge is -2.25. The van der Waals surface area contributed by atoms with Crippen molar-refractivity contribution < 1.29 is 9.18 Å². The van der Waals surface area contributed by atoms with Crippen LogP contribution in [0.5, 0.6) is 0 Å².